The molecule has 146 valence electrons. The molecule has 2 heteroatoms. The molecule has 1 fully saturated rings. The molecule has 1 saturated carbocycles. The highest BCUT2D eigenvalue weighted by molar-refractivity contribution is 5.52. The lowest BCUT2D eigenvalue weighted by Gasteiger charge is -2.44. The molecular formula is C25H34O2. The Morgan fingerprint density at radius 3 is 1.59 bits per heavy atom. The molecule has 0 saturated heterocycles. The van der Waals surface area contributed by atoms with Crippen LogP contribution in [0.4, 0.5) is 0 Å². The fourth-order valence-corrected chi connectivity index (χ4v) is 5.04. The summed E-state index contributed by atoms with van der Waals surface area (Å²) in [6.45, 7) is 12.7. The molecule has 1 aliphatic rings. The third-order valence-electron chi connectivity index (χ3n) is 6.82. The summed E-state index contributed by atoms with van der Waals surface area (Å²) in [5.74, 6) is 2.15. The van der Waals surface area contributed by atoms with Crippen molar-refractivity contribution in [2.75, 3.05) is 0 Å². The largest absolute Gasteiger partial charge is 0.507 e. The van der Waals surface area contributed by atoms with Crippen molar-refractivity contribution in [2.24, 2.45) is 11.8 Å². The van der Waals surface area contributed by atoms with Gasteiger partial charge in [0, 0.05) is 5.41 Å². The quantitative estimate of drug-likeness (QED) is 0.654. The Kier molecular flexibility index (Phi) is 5.29. The molecule has 0 amide bonds. The first-order valence-corrected chi connectivity index (χ1v) is 10.3. The van der Waals surface area contributed by atoms with Crippen molar-refractivity contribution in [1.82, 2.24) is 0 Å². The maximum absolute atomic E-state index is 10.3. The summed E-state index contributed by atoms with van der Waals surface area (Å²) in [6.07, 6.45) is 4.73. The third-order valence-corrected chi connectivity index (χ3v) is 6.82. The van der Waals surface area contributed by atoms with Crippen LogP contribution in [0.5, 0.6) is 11.5 Å². The first kappa shape index (κ1) is 19.8. The van der Waals surface area contributed by atoms with Crippen LogP contribution in [0.2, 0.25) is 0 Å². The predicted molar refractivity (Wildman–Crippen MR) is 113 cm³/mol. The highest BCUT2D eigenvalue weighted by Gasteiger charge is 2.41. The number of aryl methyl sites for hydroxylation is 4. The average Bonchev–Trinajstić information content (AvgIpc) is 2.63. The molecule has 1 atom stereocenters. The number of aromatic hydroxyl groups is 2. The lowest BCUT2D eigenvalue weighted by molar-refractivity contribution is 0.207. The van der Waals surface area contributed by atoms with Gasteiger partial charge in [-0.15, -0.1) is 0 Å². The van der Waals surface area contributed by atoms with Gasteiger partial charge in [0.1, 0.15) is 11.5 Å². The molecule has 27 heavy (non-hydrogen) atoms. The minimum Gasteiger partial charge on any atom is -0.507 e. The second-order valence-electron chi connectivity index (χ2n) is 9.10. The number of phenols is 2. The molecule has 0 bridgehead atoms. The Bertz CT molecular complexity index is 744. The Morgan fingerprint density at radius 2 is 1.22 bits per heavy atom. The Labute approximate surface area is 164 Å². The molecule has 2 aromatic carbocycles. The van der Waals surface area contributed by atoms with E-state index in [1.165, 1.54) is 24.0 Å². The molecule has 0 spiro atoms. The van der Waals surface area contributed by atoms with Gasteiger partial charge >= 0.3 is 0 Å². The van der Waals surface area contributed by atoms with Crippen LogP contribution in [0.1, 0.15) is 72.9 Å². The van der Waals surface area contributed by atoms with Crippen LogP contribution in [0.15, 0.2) is 24.3 Å². The van der Waals surface area contributed by atoms with E-state index in [1.54, 1.807) is 0 Å². The Balaban J connectivity index is 2.24. The molecule has 1 aliphatic carbocycles. The Morgan fingerprint density at radius 1 is 0.815 bits per heavy atom. The fraction of sp³-hybridized carbons (Fsp3) is 0.520. The highest BCUT2D eigenvalue weighted by atomic mass is 16.3. The van der Waals surface area contributed by atoms with Crippen molar-refractivity contribution in [3.8, 4) is 11.5 Å². The van der Waals surface area contributed by atoms with Gasteiger partial charge in [0.2, 0.25) is 0 Å². The van der Waals surface area contributed by atoms with E-state index < -0.39 is 0 Å². The topological polar surface area (TPSA) is 40.5 Å². The minimum atomic E-state index is -0.0559. The molecule has 0 aromatic heterocycles. The summed E-state index contributed by atoms with van der Waals surface area (Å²) in [5.41, 5.74) is 6.35. The monoisotopic (exact) mass is 366 g/mol. The fourth-order valence-electron chi connectivity index (χ4n) is 5.04. The summed E-state index contributed by atoms with van der Waals surface area (Å²) in [5, 5.41) is 20.6. The number of hydrogen-bond acceptors (Lipinski definition) is 2. The van der Waals surface area contributed by atoms with Gasteiger partial charge in [-0.3, -0.25) is 0 Å². The normalized spacial score (nSPS) is 19.4. The molecule has 3 rings (SSSR count). The van der Waals surface area contributed by atoms with Gasteiger partial charge in [0.15, 0.2) is 0 Å². The second kappa shape index (κ2) is 7.22. The van der Waals surface area contributed by atoms with Gasteiger partial charge < -0.3 is 10.2 Å². The zero-order chi connectivity index (χ0) is 19.9. The van der Waals surface area contributed by atoms with Crippen LogP contribution >= 0.6 is 0 Å². The lowest BCUT2D eigenvalue weighted by Crippen LogP contribution is -2.36. The van der Waals surface area contributed by atoms with Gasteiger partial charge in [-0.1, -0.05) is 51.0 Å². The maximum Gasteiger partial charge on any atom is 0.121 e. The lowest BCUT2D eigenvalue weighted by atomic mass is 9.60. The summed E-state index contributed by atoms with van der Waals surface area (Å²) in [4.78, 5) is 0. The van der Waals surface area contributed by atoms with Crippen molar-refractivity contribution < 1.29 is 10.2 Å². The summed E-state index contributed by atoms with van der Waals surface area (Å²) < 4.78 is 0. The average molecular weight is 367 g/mol. The molecular weight excluding hydrogens is 332 g/mol. The first-order valence-electron chi connectivity index (χ1n) is 10.3. The number of rotatable bonds is 3. The van der Waals surface area contributed by atoms with Crippen molar-refractivity contribution in [3.63, 3.8) is 0 Å². The molecule has 0 aliphatic heterocycles. The zero-order valence-electron chi connectivity index (χ0n) is 17.7. The van der Waals surface area contributed by atoms with Gasteiger partial charge in [0.25, 0.3) is 0 Å². The molecule has 1 unspecified atom stereocenters. The van der Waals surface area contributed by atoms with Gasteiger partial charge in [-0.2, -0.15) is 0 Å². The SMILES string of the molecule is Cc1cc(C2(c3cc(C)c(O)c(C)c3)CCCC(C(C)C)C2)cc(C)c1O. The van der Waals surface area contributed by atoms with Crippen LogP contribution in [0, 0.1) is 39.5 Å². The van der Waals surface area contributed by atoms with E-state index in [2.05, 4.69) is 38.1 Å². The molecule has 0 heterocycles. The third kappa shape index (κ3) is 3.47. The number of hydrogen-bond donors (Lipinski definition) is 2. The Hall–Kier alpha value is -1.96. The summed E-state index contributed by atoms with van der Waals surface area (Å²) >= 11 is 0. The zero-order valence-corrected chi connectivity index (χ0v) is 17.7. The molecule has 2 nitrogen and oxygen atoms in total. The van der Waals surface area contributed by atoms with Crippen LogP contribution in [-0.4, -0.2) is 10.2 Å². The van der Waals surface area contributed by atoms with Crippen LogP contribution in [0.3, 0.4) is 0 Å². The highest BCUT2D eigenvalue weighted by Crippen LogP contribution is 2.50. The summed E-state index contributed by atoms with van der Waals surface area (Å²) in [6, 6.07) is 8.73. The van der Waals surface area contributed by atoms with Crippen LogP contribution < -0.4 is 0 Å². The standard InChI is InChI=1S/C25H34O2/c1-15(2)20-8-7-9-25(14-20,21-10-16(3)23(26)17(4)11-21)22-12-18(5)24(27)19(6)13-22/h10-13,15,20,26-27H,7-9,14H2,1-6H3. The van der Waals surface area contributed by atoms with E-state index in [-0.39, 0.29) is 5.41 Å². The first-order chi connectivity index (χ1) is 12.7. The van der Waals surface area contributed by atoms with E-state index in [0.717, 1.165) is 35.1 Å². The van der Waals surface area contributed by atoms with E-state index >= 15 is 0 Å². The van der Waals surface area contributed by atoms with E-state index in [4.69, 9.17) is 0 Å². The summed E-state index contributed by atoms with van der Waals surface area (Å²) in [7, 11) is 0. The molecule has 0 radical (unpaired) electrons. The van der Waals surface area contributed by atoms with Crippen LogP contribution in [0.25, 0.3) is 0 Å². The molecule has 2 aromatic rings. The van der Waals surface area contributed by atoms with Gasteiger partial charge in [0.05, 0.1) is 0 Å². The van der Waals surface area contributed by atoms with Gasteiger partial charge in [-0.25, -0.2) is 0 Å². The van der Waals surface area contributed by atoms with Crippen molar-refractivity contribution in [1.29, 1.82) is 0 Å². The van der Waals surface area contributed by atoms with E-state index in [0.29, 0.717) is 23.3 Å². The molecule has 2 N–H and O–H groups in total. The maximum atomic E-state index is 10.3. The number of phenolic OH excluding ortho intramolecular Hbond substituents is 2. The van der Waals surface area contributed by atoms with Crippen LogP contribution in [-0.2, 0) is 5.41 Å². The van der Waals surface area contributed by atoms with E-state index in [1.807, 2.05) is 27.7 Å². The number of benzene rings is 2. The smallest absolute Gasteiger partial charge is 0.121 e. The van der Waals surface area contributed by atoms with Gasteiger partial charge in [-0.05, 0) is 85.8 Å². The van der Waals surface area contributed by atoms with E-state index in [9.17, 15) is 10.2 Å². The van der Waals surface area contributed by atoms with Crippen molar-refractivity contribution >= 4 is 0 Å². The second-order valence-corrected chi connectivity index (χ2v) is 9.10. The van der Waals surface area contributed by atoms with Crippen molar-refractivity contribution in [2.45, 2.75) is 72.6 Å². The van der Waals surface area contributed by atoms with Crippen molar-refractivity contribution in [3.05, 3.63) is 57.6 Å². The predicted octanol–water partition coefficient (Wildman–Crippen LogP) is 6.46. The minimum absolute atomic E-state index is 0.0559.